The number of aromatic nitrogens is 1. The molecular weight excluding hydrogens is 242 g/mol. The van der Waals surface area contributed by atoms with Gasteiger partial charge in [-0.1, -0.05) is 0 Å². The summed E-state index contributed by atoms with van der Waals surface area (Å²) in [6.45, 7) is 2.57. The number of nitrogens with zero attached hydrogens (tertiary/aromatic N) is 1. The lowest BCUT2D eigenvalue weighted by Gasteiger charge is -2.28. The highest BCUT2D eigenvalue weighted by molar-refractivity contribution is 5.76. The summed E-state index contributed by atoms with van der Waals surface area (Å²) in [5.41, 5.74) is 5.34. The van der Waals surface area contributed by atoms with Gasteiger partial charge in [-0.2, -0.15) is 0 Å². The van der Waals surface area contributed by atoms with Crippen molar-refractivity contribution < 1.29 is 9.53 Å². The van der Waals surface area contributed by atoms with Crippen molar-refractivity contribution in [3.8, 4) is 5.75 Å². The third-order valence-electron chi connectivity index (χ3n) is 3.54. The predicted octanol–water partition coefficient (Wildman–Crippen LogP) is 1.94. The first-order chi connectivity index (χ1) is 9.20. The number of rotatable bonds is 5. The maximum atomic E-state index is 11.1. The van der Waals surface area contributed by atoms with Crippen LogP contribution < -0.4 is 15.8 Å². The zero-order chi connectivity index (χ0) is 13.7. The Labute approximate surface area is 113 Å². The van der Waals surface area contributed by atoms with Crippen LogP contribution in [0.2, 0.25) is 0 Å². The van der Waals surface area contributed by atoms with E-state index in [9.17, 15) is 4.79 Å². The Morgan fingerprint density at radius 2 is 2.21 bits per heavy atom. The average Bonchev–Trinajstić information content (AvgIpc) is 2.42. The third-order valence-corrected chi connectivity index (χ3v) is 3.54. The van der Waals surface area contributed by atoms with Crippen LogP contribution >= 0.6 is 0 Å². The van der Waals surface area contributed by atoms with Crippen molar-refractivity contribution >= 4 is 11.7 Å². The minimum atomic E-state index is -0.175. The Morgan fingerprint density at radius 3 is 2.84 bits per heavy atom. The van der Waals surface area contributed by atoms with Gasteiger partial charge in [0.05, 0.1) is 6.61 Å². The molecule has 1 fully saturated rings. The van der Waals surface area contributed by atoms with Gasteiger partial charge >= 0.3 is 0 Å². The van der Waals surface area contributed by atoms with Gasteiger partial charge in [0, 0.05) is 18.2 Å². The number of pyridine rings is 1. The summed E-state index contributed by atoms with van der Waals surface area (Å²) in [6.07, 6.45) is 5.33. The first-order valence-corrected chi connectivity index (χ1v) is 6.84. The van der Waals surface area contributed by atoms with Gasteiger partial charge in [-0.25, -0.2) is 4.98 Å². The molecule has 0 saturated heterocycles. The van der Waals surface area contributed by atoms with Gasteiger partial charge in [-0.3, -0.25) is 4.79 Å². The van der Waals surface area contributed by atoms with E-state index < -0.39 is 0 Å². The quantitative estimate of drug-likeness (QED) is 0.851. The van der Waals surface area contributed by atoms with Crippen LogP contribution in [0.4, 0.5) is 5.82 Å². The number of ether oxygens (including phenoxy) is 1. The molecule has 19 heavy (non-hydrogen) atoms. The molecule has 0 atom stereocenters. The van der Waals surface area contributed by atoms with Gasteiger partial charge in [0.25, 0.3) is 0 Å². The highest BCUT2D eigenvalue weighted by Gasteiger charge is 2.25. The van der Waals surface area contributed by atoms with Crippen molar-refractivity contribution in [2.24, 2.45) is 11.7 Å². The maximum Gasteiger partial charge on any atom is 0.220 e. The molecule has 1 aromatic heterocycles. The Morgan fingerprint density at radius 1 is 1.47 bits per heavy atom. The first kappa shape index (κ1) is 13.6. The summed E-state index contributed by atoms with van der Waals surface area (Å²) < 4.78 is 5.54. The Kier molecular flexibility index (Phi) is 4.60. The number of carbonyl (C=O) groups is 1. The molecule has 0 unspecified atom stereocenters. The van der Waals surface area contributed by atoms with Gasteiger partial charge in [0.2, 0.25) is 5.91 Å². The Balaban J connectivity index is 1.93. The lowest BCUT2D eigenvalue weighted by molar-refractivity contribution is -0.122. The molecular formula is C14H21N3O2. The molecule has 1 heterocycles. The van der Waals surface area contributed by atoms with Crippen molar-refractivity contribution in [2.45, 2.75) is 38.6 Å². The van der Waals surface area contributed by atoms with E-state index in [0.717, 1.165) is 37.3 Å². The number of primary amides is 1. The smallest absolute Gasteiger partial charge is 0.220 e. The fourth-order valence-electron chi connectivity index (χ4n) is 2.49. The third kappa shape index (κ3) is 3.59. The number of anilines is 1. The molecule has 3 N–H and O–H groups in total. The fourth-order valence-corrected chi connectivity index (χ4v) is 2.49. The zero-order valence-electron chi connectivity index (χ0n) is 11.3. The van der Waals surface area contributed by atoms with Gasteiger partial charge in [-0.15, -0.1) is 0 Å². The van der Waals surface area contributed by atoms with E-state index in [-0.39, 0.29) is 11.8 Å². The molecule has 0 aliphatic heterocycles. The molecule has 5 nitrogen and oxygen atoms in total. The molecule has 2 rings (SSSR count). The van der Waals surface area contributed by atoms with Crippen LogP contribution in [0, 0.1) is 5.92 Å². The molecule has 1 amide bonds. The van der Waals surface area contributed by atoms with E-state index in [1.807, 2.05) is 19.1 Å². The monoisotopic (exact) mass is 263 g/mol. The van der Waals surface area contributed by atoms with E-state index >= 15 is 0 Å². The normalized spacial score (nSPS) is 22.8. The summed E-state index contributed by atoms with van der Waals surface area (Å²) in [6, 6.07) is 4.11. The topological polar surface area (TPSA) is 77.2 Å². The Hall–Kier alpha value is -1.78. The fraction of sp³-hybridized carbons (Fsp3) is 0.571. The number of hydrogen-bond acceptors (Lipinski definition) is 4. The SMILES string of the molecule is CCOc1cccnc1NC1CCC(C(N)=O)CC1. The molecule has 1 saturated carbocycles. The predicted molar refractivity (Wildman–Crippen MR) is 74.0 cm³/mol. The van der Waals surface area contributed by atoms with Crippen LogP contribution in [-0.4, -0.2) is 23.5 Å². The van der Waals surface area contributed by atoms with E-state index in [0.29, 0.717) is 12.6 Å². The van der Waals surface area contributed by atoms with Crippen LogP contribution in [0.5, 0.6) is 5.75 Å². The summed E-state index contributed by atoms with van der Waals surface area (Å²) in [5.74, 6) is 1.42. The molecule has 0 spiro atoms. The molecule has 0 radical (unpaired) electrons. The zero-order valence-corrected chi connectivity index (χ0v) is 11.3. The first-order valence-electron chi connectivity index (χ1n) is 6.84. The van der Waals surface area contributed by atoms with Crippen molar-refractivity contribution in [3.63, 3.8) is 0 Å². The molecule has 0 bridgehead atoms. The van der Waals surface area contributed by atoms with Crippen LogP contribution in [0.15, 0.2) is 18.3 Å². The number of nitrogens with two attached hydrogens (primary N) is 1. The van der Waals surface area contributed by atoms with Crippen LogP contribution in [-0.2, 0) is 4.79 Å². The number of hydrogen-bond donors (Lipinski definition) is 2. The highest BCUT2D eigenvalue weighted by atomic mass is 16.5. The second kappa shape index (κ2) is 6.41. The summed E-state index contributed by atoms with van der Waals surface area (Å²) in [7, 11) is 0. The van der Waals surface area contributed by atoms with Crippen LogP contribution in [0.25, 0.3) is 0 Å². The van der Waals surface area contributed by atoms with Crippen molar-refractivity contribution in [1.82, 2.24) is 4.98 Å². The second-order valence-corrected chi connectivity index (χ2v) is 4.88. The van der Waals surface area contributed by atoms with Gasteiger partial charge in [-0.05, 0) is 44.7 Å². The summed E-state index contributed by atoms with van der Waals surface area (Å²) in [5, 5.41) is 3.41. The number of carbonyl (C=O) groups excluding carboxylic acids is 1. The Bertz CT molecular complexity index is 428. The van der Waals surface area contributed by atoms with Crippen LogP contribution in [0.1, 0.15) is 32.6 Å². The summed E-state index contributed by atoms with van der Waals surface area (Å²) >= 11 is 0. The average molecular weight is 263 g/mol. The molecule has 104 valence electrons. The lowest BCUT2D eigenvalue weighted by atomic mass is 9.85. The van der Waals surface area contributed by atoms with Crippen molar-refractivity contribution in [1.29, 1.82) is 0 Å². The van der Waals surface area contributed by atoms with E-state index in [2.05, 4.69) is 10.3 Å². The number of nitrogens with one attached hydrogen (secondary N) is 1. The van der Waals surface area contributed by atoms with Gasteiger partial charge in [0.15, 0.2) is 11.6 Å². The number of amides is 1. The minimum Gasteiger partial charge on any atom is -0.490 e. The molecule has 1 aliphatic carbocycles. The van der Waals surface area contributed by atoms with E-state index in [1.165, 1.54) is 0 Å². The minimum absolute atomic E-state index is 0.0353. The highest BCUT2D eigenvalue weighted by Crippen LogP contribution is 2.28. The van der Waals surface area contributed by atoms with E-state index in [4.69, 9.17) is 10.5 Å². The van der Waals surface area contributed by atoms with Crippen LogP contribution in [0.3, 0.4) is 0 Å². The molecule has 1 aromatic rings. The maximum absolute atomic E-state index is 11.1. The summed E-state index contributed by atoms with van der Waals surface area (Å²) in [4.78, 5) is 15.4. The van der Waals surface area contributed by atoms with E-state index in [1.54, 1.807) is 6.20 Å². The van der Waals surface area contributed by atoms with Gasteiger partial charge in [0.1, 0.15) is 0 Å². The standard InChI is InChI=1S/C14H21N3O2/c1-2-19-12-4-3-9-16-14(12)17-11-7-5-10(6-8-11)13(15)18/h3-4,9-11H,2,5-8H2,1H3,(H2,15,18)(H,16,17). The largest absolute Gasteiger partial charge is 0.490 e. The van der Waals surface area contributed by atoms with Gasteiger partial charge < -0.3 is 15.8 Å². The van der Waals surface area contributed by atoms with Crippen molar-refractivity contribution in [2.75, 3.05) is 11.9 Å². The molecule has 0 aromatic carbocycles. The van der Waals surface area contributed by atoms with Crippen molar-refractivity contribution in [3.05, 3.63) is 18.3 Å². The molecule has 5 heteroatoms. The molecule has 1 aliphatic rings. The lowest BCUT2D eigenvalue weighted by Crippen LogP contribution is -2.32. The second-order valence-electron chi connectivity index (χ2n) is 4.88.